The van der Waals surface area contributed by atoms with Crippen LogP contribution in [0.25, 0.3) is 0 Å². The van der Waals surface area contributed by atoms with Crippen LogP contribution in [0.5, 0.6) is 0 Å². The second kappa shape index (κ2) is 9.95. The van der Waals surface area contributed by atoms with Crippen molar-refractivity contribution in [2.24, 2.45) is 0 Å². The van der Waals surface area contributed by atoms with Gasteiger partial charge in [-0.25, -0.2) is 0 Å². The molecule has 0 heterocycles. The van der Waals surface area contributed by atoms with Gasteiger partial charge in [0.05, 0.1) is 0 Å². The average molecular weight is 276 g/mol. The van der Waals surface area contributed by atoms with Gasteiger partial charge >= 0.3 is 0 Å². The summed E-state index contributed by atoms with van der Waals surface area (Å²) in [7, 11) is 0. The van der Waals surface area contributed by atoms with Gasteiger partial charge in [0.25, 0.3) is 0 Å². The molecule has 1 rings (SSSR count). The summed E-state index contributed by atoms with van der Waals surface area (Å²) in [5, 5.41) is 0. The van der Waals surface area contributed by atoms with Crippen molar-refractivity contribution in [2.75, 3.05) is 39.3 Å². The third-order valence-electron chi connectivity index (χ3n) is 4.25. The molecule has 0 atom stereocenters. The molecule has 0 spiro atoms. The molecule has 2 heteroatoms. The second-order valence-electron chi connectivity index (χ2n) is 5.37. The van der Waals surface area contributed by atoms with Gasteiger partial charge in [-0.15, -0.1) is 0 Å². The first-order valence-electron chi connectivity index (χ1n) is 8.25. The van der Waals surface area contributed by atoms with Crippen molar-refractivity contribution in [1.82, 2.24) is 9.80 Å². The molecule has 114 valence electrons. The zero-order chi connectivity index (χ0) is 14.8. The molecule has 2 nitrogen and oxygen atoms in total. The Kier molecular flexibility index (Phi) is 8.56. The van der Waals surface area contributed by atoms with E-state index in [-0.39, 0.29) is 0 Å². The van der Waals surface area contributed by atoms with E-state index in [0.29, 0.717) is 0 Å². The Morgan fingerprint density at radius 3 is 1.15 bits per heavy atom. The summed E-state index contributed by atoms with van der Waals surface area (Å²) in [6, 6.07) is 9.23. The van der Waals surface area contributed by atoms with E-state index in [4.69, 9.17) is 0 Å². The van der Waals surface area contributed by atoms with Crippen LogP contribution in [0.3, 0.4) is 0 Å². The fraction of sp³-hybridized carbons (Fsp3) is 0.667. The Bertz CT molecular complexity index is 302. The number of likely N-dealkylation sites (N-methyl/N-ethyl adjacent to an activating group) is 2. The molecule has 0 aromatic heterocycles. The van der Waals surface area contributed by atoms with Gasteiger partial charge in [0, 0.05) is 13.1 Å². The third-order valence-corrected chi connectivity index (χ3v) is 4.25. The maximum Gasteiger partial charge on any atom is 0.00216 e. The SMILES string of the molecule is CCN(CC)CCc1ccc(CCN(CC)CC)cc1. The zero-order valence-electron chi connectivity index (χ0n) is 13.9. The van der Waals surface area contributed by atoms with Gasteiger partial charge in [-0.3, -0.25) is 0 Å². The third kappa shape index (κ3) is 6.06. The van der Waals surface area contributed by atoms with Gasteiger partial charge in [0.15, 0.2) is 0 Å². The maximum absolute atomic E-state index is 2.48. The summed E-state index contributed by atoms with van der Waals surface area (Å²) in [6.45, 7) is 15.9. The first-order chi connectivity index (χ1) is 9.73. The van der Waals surface area contributed by atoms with Crippen LogP contribution in [0.1, 0.15) is 38.8 Å². The summed E-state index contributed by atoms with van der Waals surface area (Å²) >= 11 is 0. The lowest BCUT2D eigenvalue weighted by atomic mass is 10.1. The molecule has 0 aliphatic carbocycles. The first kappa shape index (κ1) is 17.2. The lowest BCUT2D eigenvalue weighted by Gasteiger charge is -2.18. The van der Waals surface area contributed by atoms with Crippen LogP contribution in [0.4, 0.5) is 0 Å². The Morgan fingerprint density at radius 1 is 0.600 bits per heavy atom. The van der Waals surface area contributed by atoms with Gasteiger partial charge in [-0.1, -0.05) is 52.0 Å². The monoisotopic (exact) mass is 276 g/mol. The van der Waals surface area contributed by atoms with E-state index >= 15 is 0 Å². The van der Waals surface area contributed by atoms with E-state index in [1.807, 2.05) is 0 Å². The first-order valence-corrected chi connectivity index (χ1v) is 8.25. The molecule has 0 fully saturated rings. The highest BCUT2D eigenvalue weighted by Crippen LogP contribution is 2.07. The van der Waals surface area contributed by atoms with E-state index < -0.39 is 0 Å². The molecular weight excluding hydrogens is 244 g/mol. The van der Waals surface area contributed by atoms with E-state index in [1.54, 1.807) is 0 Å². The Labute approximate surface area is 125 Å². The quantitative estimate of drug-likeness (QED) is 0.646. The Balaban J connectivity index is 2.40. The molecule has 0 radical (unpaired) electrons. The van der Waals surface area contributed by atoms with Crippen molar-refractivity contribution >= 4 is 0 Å². The smallest absolute Gasteiger partial charge is 0.00216 e. The summed E-state index contributed by atoms with van der Waals surface area (Å²) in [5.41, 5.74) is 2.92. The van der Waals surface area contributed by atoms with Crippen LogP contribution in [0.2, 0.25) is 0 Å². The van der Waals surface area contributed by atoms with Crippen LogP contribution in [0, 0.1) is 0 Å². The number of nitrogens with zero attached hydrogens (tertiary/aromatic N) is 2. The second-order valence-corrected chi connectivity index (χ2v) is 5.37. The van der Waals surface area contributed by atoms with Gasteiger partial charge < -0.3 is 9.80 Å². The van der Waals surface area contributed by atoms with Crippen LogP contribution in [0.15, 0.2) is 24.3 Å². The largest absolute Gasteiger partial charge is 0.304 e. The minimum Gasteiger partial charge on any atom is -0.304 e. The minimum atomic E-state index is 1.15. The molecule has 0 saturated carbocycles. The molecule has 20 heavy (non-hydrogen) atoms. The van der Waals surface area contributed by atoms with Crippen LogP contribution in [-0.4, -0.2) is 49.1 Å². The predicted molar refractivity (Wildman–Crippen MR) is 89.4 cm³/mol. The van der Waals surface area contributed by atoms with E-state index in [1.165, 1.54) is 24.2 Å². The van der Waals surface area contributed by atoms with Crippen molar-refractivity contribution in [3.63, 3.8) is 0 Å². The molecule has 0 aliphatic heterocycles. The van der Waals surface area contributed by atoms with Crippen molar-refractivity contribution in [1.29, 1.82) is 0 Å². The average Bonchev–Trinajstić information content (AvgIpc) is 2.50. The van der Waals surface area contributed by atoms with Crippen molar-refractivity contribution in [3.8, 4) is 0 Å². The minimum absolute atomic E-state index is 1.15. The number of hydrogen-bond acceptors (Lipinski definition) is 2. The predicted octanol–water partition coefficient (Wildman–Crippen LogP) is 3.46. The number of hydrogen-bond donors (Lipinski definition) is 0. The van der Waals surface area contributed by atoms with E-state index in [9.17, 15) is 0 Å². The molecular formula is C18H32N2. The molecule has 1 aromatic rings. The molecule has 0 unspecified atom stereocenters. The lowest BCUT2D eigenvalue weighted by molar-refractivity contribution is 0.307. The highest BCUT2D eigenvalue weighted by molar-refractivity contribution is 5.23. The standard InChI is InChI=1S/C18H32N2/c1-5-19(6-2)15-13-17-9-11-18(12-10-17)14-16-20(7-3)8-4/h9-12H,5-8,13-16H2,1-4H3. The fourth-order valence-electron chi connectivity index (χ4n) is 2.53. The van der Waals surface area contributed by atoms with Gasteiger partial charge in [0.1, 0.15) is 0 Å². The topological polar surface area (TPSA) is 6.48 Å². The molecule has 0 aliphatic rings. The maximum atomic E-state index is 2.48. The van der Waals surface area contributed by atoms with Gasteiger partial charge in [-0.2, -0.15) is 0 Å². The Morgan fingerprint density at radius 2 is 0.900 bits per heavy atom. The van der Waals surface area contributed by atoms with Gasteiger partial charge in [0.2, 0.25) is 0 Å². The molecule has 0 bridgehead atoms. The Hall–Kier alpha value is -0.860. The lowest BCUT2D eigenvalue weighted by Crippen LogP contribution is -2.25. The fourth-order valence-corrected chi connectivity index (χ4v) is 2.53. The highest BCUT2D eigenvalue weighted by atomic mass is 15.1. The van der Waals surface area contributed by atoms with Gasteiger partial charge in [-0.05, 0) is 50.1 Å². The van der Waals surface area contributed by atoms with Crippen molar-refractivity contribution in [3.05, 3.63) is 35.4 Å². The van der Waals surface area contributed by atoms with Crippen LogP contribution >= 0.6 is 0 Å². The van der Waals surface area contributed by atoms with E-state index in [2.05, 4.69) is 61.8 Å². The summed E-state index contributed by atoms with van der Waals surface area (Å²) in [4.78, 5) is 4.96. The number of rotatable bonds is 10. The van der Waals surface area contributed by atoms with Crippen molar-refractivity contribution < 1.29 is 0 Å². The molecule has 0 N–H and O–H groups in total. The molecule has 0 amide bonds. The normalized spacial score (nSPS) is 11.5. The summed E-state index contributed by atoms with van der Waals surface area (Å²) in [6.07, 6.45) is 2.33. The summed E-state index contributed by atoms with van der Waals surface area (Å²) in [5.74, 6) is 0. The summed E-state index contributed by atoms with van der Waals surface area (Å²) < 4.78 is 0. The van der Waals surface area contributed by atoms with E-state index in [0.717, 1.165) is 39.0 Å². The van der Waals surface area contributed by atoms with Crippen LogP contribution < -0.4 is 0 Å². The van der Waals surface area contributed by atoms with Crippen LogP contribution in [-0.2, 0) is 12.8 Å². The number of benzene rings is 1. The highest BCUT2D eigenvalue weighted by Gasteiger charge is 2.02. The molecule has 1 aromatic carbocycles. The van der Waals surface area contributed by atoms with Crippen molar-refractivity contribution in [2.45, 2.75) is 40.5 Å². The molecule has 0 saturated heterocycles. The zero-order valence-corrected chi connectivity index (χ0v) is 13.9.